The molecule has 0 bridgehead atoms. The summed E-state index contributed by atoms with van der Waals surface area (Å²) in [6.45, 7) is 5.54. The second-order valence-electron chi connectivity index (χ2n) is 4.13. The van der Waals surface area contributed by atoms with Gasteiger partial charge < -0.3 is 0 Å². The Kier molecular flexibility index (Phi) is 5.42. The van der Waals surface area contributed by atoms with Crippen LogP contribution in [0.15, 0.2) is 16.5 Å². The molecule has 1 rings (SSSR count). The first-order valence-corrected chi connectivity index (χ1v) is 8.31. The normalized spacial score (nSPS) is 11.0. The van der Waals surface area contributed by atoms with Crippen molar-refractivity contribution in [2.75, 3.05) is 0 Å². The van der Waals surface area contributed by atoms with Gasteiger partial charge in [0.1, 0.15) is 0 Å². The molecule has 1 N–H and O–H groups in total. The van der Waals surface area contributed by atoms with Crippen LogP contribution in [0.25, 0.3) is 0 Å². The fourth-order valence-electron chi connectivity index (χ4n) is 0.997. The quantitative estimate of drug-likeness (QED) is 0.519. The van der Waals surface area contributed by atoms with Gasteiger partial charge >= 0.3 is 108 Å². The van der Waals surface area contributed by atoms with E-state index in [0.29, 0.717) is 5.76 Å². The third-order valence-electron chi connectivity index (χ3n) is 1.82. The Morgan fingerprint density at radius 1 is 1.44 bits per heavy atom. The first kappa shape index (κ1) is 13.7. The van der Waals surface area contributed by atoms with E-state index in [-0.39, 0.29) is 20.9 Å². The van der Waals surface area contributed by atoms with E-state index in [1.165, 1.54) is 17.3 Å². The van der Waals surface area contributed by atoms with Gasteiger partial charge in [0.15, 0.2) is 0 Å². The van der Waals surface area contributed by atoms with Crippen molar-refractivity contribution in [3.8, 4) is 11.8 Å². The van der Waals surface area contributed by atoms with Crippen LogP contribution in [0.5, 0.6) is 0 Å². The van der Waals surface area contributed by atoms with Crippen LogP contribution in [-0.2, 0) is 0 Å². The molecule has 0 atom stereocenters. The predicted octanol–water partition coefficient (Wildman–Crippen LogP) is 1.95. The molecule has 1 aromatic heterocycles. The van der Waals surface area contributed by atoms with Crippen LogP contribution in [0.2, 0.25) is 4.47 Å². The Bertz CT molecular complexity index is 377. The summed E-state index contributed by atoms with van der Waals surface area (Å²) < 4.78 is 7.99. The maximum atomic E-state index is 9.45. The Hall–Kier alpha value is -0.410. The van der Waals surface area contributed by atoms with E-state index in [2.05, 4.69) is 18.8 Å². The van der Waals surface area contributed by atoms with Crippen LogP contribution < -0.4 is 3.81 Å². The minimum atomic E-state index is -0.953. The molecule has 0 radical (unpaired) electrons. The van der Waals surface area contributed by atoms with Crippen LogP contribution in [0.3, 0.4) is 0 Å². The van der Waals surface area contributed by atoms with Gasteiger partial charge in [0.2, 0.25) is 0 Å². The first-order chi connectivity index (χ1) is 7.51. The Labute approximate surface area is 108 Å². The van der Waals surface area contributed by atoms with Gasteiger partial charge in [0, 0.05) is 0 Å². The fraction of sp³-hybridized carbons (Fsp3) is 0.538. The van der Waals surface area contributed by atoms with E-state index >= 15 is 0 Å². The molecule has 0 aliphatic carbocycles. The molecule has 1 aromatic rings. The Morgan fingerprint density at radius 2 is 2.19 bits per heavy atom. The zero-order valence-corrected chi connectivity index (χ0v) is 12.4. The molecule has 0 spiro atoms. The van der Waals surface area contributed by atoms with Crippen molar-refractivity contribution in [2.24, 2.45) is 0 Å². The molecule has 3 heteroatoms. The Balaban J connectivity index is 2.54. The van der Waals surface area contributed by atoms with Gasteiger partial charge in [0.25, 0.3) is 0 Å². The van der Waals surface area contributed by atoms with Crippen molar-refractivity contribution in [1.82, 2.24) is 0 Å². The van der Waals surface area contributed by atoms with Crippen molar-refractivity contribution in [1.29, 1.82) is 0 Å². The van der Waals surface area contributed by atoms with E-state index in [1.807, 2.05) is 12.1 Å². The molecule has 0 saturated heterocycles. The average Bonchev–Trinajstić information content (AvgIpc) is 2.62. The van der Waals surface area contributed by atoms with Gasteiger partial charge in [-0.05, 0) is 0 Å². The molecule has 88 valence electrons. The molecular formula is C13H18O2Te. The monoisotopic (exact) mass is 336 g/mol. The van der Waals surface area contributed by atoms with E-state index in [9.17, 15) is 5.11 Å². The van der Waals surface area contributed by atoms with Gasteiger partial charge in [-0.25, -0.2) is 0 Å². The summed E-state index contributed by atoms with van der Waals surface area (Å²) >= 11 is -0.172. The molecule has 2 nitrogen and oxygen atoms in total. The summed E-state index contributed by atoms with van der Waals surface area (Å²) in [5, 5.41) is 9.45. The van der Waals surface area contributed by atoms with Gasteiger partial charge in [-0.3, -0.25) is 0 Å². The molecule has 0 amide bonds. The maximum absolute atomic E-state index is 9.45. The number of hydrogen-bond acceptors (Lipinski definition) is 2. The van der Waals surface area contributed by atoms with Crippen LogP contribution in [-0.4, -0.2) is 31.6 Å². The van der Waals surface area contributed by atoms with Crippen LogP contribution >= 0.6 is 0 Å². The molecule has 0 aromatic carbocycles. The zero-order chi connectivity index (χ0) is 12.0. The van der Waals surface area contributed by atoms with E-state index in [4.69, 9.17) is 4.42 Å². The van der Waals surface area contributed by atoms with Crippen molar-refractivity contribution in [3.05, 3.63) is 17.9 Å². The molecule has 0 aliphatic rings. The SMILES string of the molecule is CCCC[Te]c1ccc(C#CC(C)(C)O)o1. The van der Waals surface area contributed by atoms with E-state index < -0.39 is 5.60 Å². The molecule has 0 saturated carbocycles. The van der Waals surface area contributed by atoms with Crippen molar-refractivity contribution >= 4 is 24.7 Å². The third kappa shape index (κ3) is 5.61. The molecule has 16 heavy (non-hydrogen) atoms. The minimum absolute atomic E-state index is 0.172. The number of unbranched alkanes of at least 4 members (excludes halogenated alkanes) is 1. The summed E-state index contributed by atoms with van der Waals surface area (Å²) in [4.78, 5) is 0. The summed E-state index contributed by atoms with van der Waals surface area (Å²) in [5.41, 5.74) is -0.953. The first-order valence-electron chi connectivity index (χ1n) is 5.49. The molecule has 1 heterocycles. The second kappa shape index (κ2) is 6.36. The summed E-state index contributed by atoms with van der Waals surface area (Å²) in [6, 6.07) is 3.91. The number of aliphatic hydroxyl groups is 1. The average molecular weight is 334 g/mol. The standard InChI is InChI=1S/C13H18O2Te/c1-4-5-10-16-12-7-6-11(15-12)8-9-13(2,3)14/h6-7,14H,4-5,10H2,1-3H3. The molecule has 0 fully saturated rings. The number of rotatable bonds is 4. The zero-order valence-electron chi connectivity index (χ0n) is 10.0. The van der Waals surface area contributed by atoms with Crippen molar-refractivity contribution in [2.45, 2.75) is 43.7 Å². The van der Waals surface area contributed by atoms with Crippen molar-refractivity contribution in [3.63, 3.8) is 0 Å². The number of hydrogen-bond donors (Lipinski definition) is 1. The van der Waals surface area contributed by atoms with Gasteiger partial charge in [0.05, 0.1) is 0 Å². The van der Waals surface area contributed by atoms with E-state index in [0.717, 1.165) is 3.81 Å². The molecule has 0 aliphatic heterocycles. The fourth-order valence-corrected chi connectivity index (χ4v) is 3.70. The van der Waals surface area contributed by atoms with E-state index in [1.54, 1.807) is 13.8 Å². The van der Waals surface area contributed by atoms with Crippen LogP contribution in [0, 0.1) is 11.8 Å². The predicted molar refractivity (Wildman–Crippen MR) is 67.0 cm³/mol. The third-order valence-corrected chi connectivity index (χ3v) is 4.66. The van der Waals surface area contributed by atoms with Crippen LogP contribution in [0.1, 0.15) is 39.4 Å². The summed E-state index contributed by atoms with van der Waals surface area (Å²) in [5.74, 6) is 6.26. The Morgan fingerprint density at radius 3 is 2.81 bits per heavy atom. The van der Waals surface area contributed by atoms with Crippen molar-refractivity contribution < 1.29 is 9.52 Å². The molecule has 0 unspecified atom stereocenters. The summed E-state index contributed by atoms with van der Waals surface area (Å²) in [6.07, 6.45) is 2.53. The van der Waals surface area contributed by atoms with Crippen LogP contribution in [0.4, 0.5) is 0 Å². The van der Waals surface area contributed by atoms with Gasteiger partial charge in [-0.2, -0.15) is 0 Å². The topological polar surface area (TPSA) is 33.4 Å². The summed E-state index contributed by atoms with van der Waals surface area (Å²) in [7, 11) is 0. The van der Waals surface area contributed by atoms with Gasteiger partial charge in [-0.15, -0.1) is 0 Å². The molecular weight excluding hydrogens is 316 g/mol. The number of furan rings is 1. The van der Waals surface area contributed by atoms with Gasteiger partial charge in [-0.1, -0.05) is 0 Å². The second-order valence-corrected chi connectivity index (χ2v) is 7.27.